The van der Waals surface area contributed by atoms with E-state index < -0.39 is 15.9 Å². The van der Waals surface area contributed by atoms with E-state index in [4.69, 9.17) is 4.74 Å². The third-order valence-corrected chi connectivity index (χ3v) is 7.69. The van der Waals surface area contributed by atoms with Gasteiger partial charge in [-0.15, -0.1) is 0 Å². The number of benzene rings is 2. The number of nitrogens with one attached hydrogen (secondary N) is 1. The van der Waals surface area contributed by atoms with Gasteiger partial charge in [0.15, 0.2) is 0 Å². The number of aromatic nitrogens is 2. The highest BCUT2D eigenvalue weighted by molar-refractivity contribution is 7.89. The van der Waals surface area contributed by atoms with Gasteiger partial charge in [-0.3, -0.25) is 4.79 Å². The first-order valence-corrected chi connectivity index (χ1v) is 12.0. The molecule has 9 heteroatoms. The van der Waals surface area contributed by atoms with Crippen LogP contribution in [0.4, 0.5) is 5.69 Å². The SMILES string of the molecule is COc1ccc(C(=O)Nc2ccccc2-n2cccn2)cc1S(=O)(=O)N1CCCCC1C. The van der Waals surface area contributed by atoms with Crippen molar-refractivity contribution in [3.63, 3.8) is 0 Å². The van der Waals surface area contributed by atoms with Gasteiger partial charge in [-0.1, -0.05) is 18.6 Å². The van der Waals surface area contributed by atoms with Crippen LogP contribution in [0.5, 0.6) is 5.75 Å². The number of piperidine rings is 1. The molecule has 1 unspecified atom stereocenters. The zero-order valence-corrected chi connectivity index (χ0v) is 18.9. The van der Waals surface area contributed by atoms with Crippen LogP contribution in [0.1, 0.15) is 36.5 Å². The summed E-state index contributed by atoms with van der Waals surface area (Å²) in [6.45, 7) is 2.37. The van der Waals surface area contributed by atoms with Gasteiger partial charge < -0.3 is 10.1 Å². The zero-order valence-electron chi connectivity index (χ0n) is 18.1. The van der Waals surface area contributed by atoms with E-state index in [0.717, 1.165) is 19.3 Å². The van der Waals surface area contributed by atoms with Crippen LogP contribution >= 0.6 is 0 Å². The first-order chi connectivity index (χ1) is 15.4. The zero-order chi connectivity index (χ0) is 22.7. The molecule has 1 amide bonds. The molecule has 3 aromatic rings. The molecular formula is C23H26N4O4S. The van der Waals surface area contributed by atoms with Crippen LogP contribution in [0, 0.1) is 0 Å². The molecule has 168 valence electrons. The third-order valence-electron chi connectivity index (χ3n) is 5.66. The summed E-state index contributed by atoms with van der Waals surface area (Å²) < 4.78 is 35.3. The summed E-state index contributed by atoms with van der Waals surface area (Å²) in [5.41, 5.74) is 1.49. The maximum absolute atomic E-state index is 13.4. The van der Waals surface area contributed by atoms with Crippen molar-refractivity contribution in [3.05, 3.63) is 66.5 Å². The Morgan fingerprint density at radius 3 is 2.69 bits per heavy atom. The van der Waals surface area contributed by atoms with Gasteiger partial charge in [0.1, 0.15) is 10.6 Å². The van der Waals surface area contributed by atoms with Gasteiger partial charge in [-0.2, -0.15) is 9.40 Å². The lowest BCUT2D eigenvalue weighted by molar-refractivity contribution is 0.102. The minimum Gasteiger partial charge on any atom is -0.495 e. The van der Waals surface area contributed by atoms with Crippen molar-refractivity contribution in [2.24, 2.45) is 0 Å². The fraction of sp³-hybridized carbons (Fsp3) is 0.304. The maximum atomic E-state index is 13.4. The Hall–Kier alpha value is -3.17. The fourth-order valence-corrected chi connectivity index (χ4v) is 5.84. The fourth-order valence-electron chi connectivity index (χ4n) is 3.96. The van der Waals surface area contributed by atoms with Crippen molar-refractivity contribution < 1.29 is 17.9 Å². The molecule has 32 heavy (non-hydrogen) atoms. The van der Waals surface area contributed by atoms with Crippen LogP contribution in [0.15, 0.2) is 65.8 Å². The van der Waals surface area contributed by atoms with Crippen molar-refractivity contribution in [1.29, 1.82) is 0 Å². The molecule has 0 aliphatic carbocycles. The Balaban J connectivity index is 1.67. The number of anilines is 1. The van der Waals surface area contributed by atoms with E-state index in [-0.39, 0.29) is 22.3 Å². The van der Waals surface area contributed by atoms with Crippen LogP contribution in [0.2, 0.25) is 0 Å². The number of hydrogen-bond donors (Lipinski definition) is 1. The maximum Gasteiger partial charge on any atom is 0.255 e. The van der Waals surface area contributed by atoms with Gasteiger partial charge in [0, 0.05) is 30.5 Å². The summed E-state index contributed by atoms with van der Waals surface area (Å²) in [6.07, 6.45) is 6.06. The van der Waals surface area contributed by atoms with E-state index >= 15 is 0 Å². The minimum atomic E-state index is -3.81. The lowest BCUT2D eigenvalue weighted by Gasteiger charge is -2.32. The number of amides is 1. The van der Waals surface area contributed by atoms with Crippen molar-refractivity contribution in [2.75, 3.05) is 19.0 Å². The highest BCUT2D eigenvalue weighted by atomic mass is 32.2. The predicted molar refractivity (Wildman–Crippen MR) is 122 cm³/mol. The molecular weight excluding hydrogens is 428 g/mol. The molecule has 8 nitrogen and oxygen atoms in total. The Bertz CT molecular complexity index is 1210. The first kappa shape index (κ1) is 22.0. The summed E-state index contributed by atoms with van der Waals surface area (Å²) in [5.74, 6) is -0.202. The lowest BCUT2D eigenvalue weighted by atomic mass is 10.1. The molecule has 1 aliphatic rings. The predicted octanol–water partition coefficient (Wildman–Crippen LogP) is 3.70. The Kier molecular flexibility index (Phi) is 6.29. The average molecular weight is 455 g/mol. The highest BCUT2D eigenvalue weighted by Gasteiger charge is 2.33. The average Bonchev–Trinajstić information content (AvgIpc) is 3.34. The van der Waals surface area contributed by atoms with Crippen molar-refractivity contribution in [3.8, 4) is 11.4 Å². The van der Waals surface area contributed by atoms with Gasteiger partial charge in [0.25, 0.3) is 5.91 Å². The van der Waals surface area contributed by atoms with Crippen LogP contribution < -0.4 is 10.1 Å². The highest BCUT2D eigenvalue weighted by Crippen LogP contribution is 2.32. The molecule has 0 saturated carbocycles. The normalized spacial score (nSPS) is 17.1. The molecule has 1 N–H and O–H groups in total. The number of rotatable bonds is 6. The van der Waals surface area contributed by atoms with Crippen LogP contribution in [-0.2, 0) is 10.0 Å². The van der Waals surface area contributed by atoms with Gasteiger partial charge in [0.2, 0.25) is 10.0 Å². The molecule has 1 fully saturated rings. The summed E-state index contributed by atoms with van der Waals surface area (Å²) in [7, 11) is -2.39. The number of ether oxygens (including phenoxy) is 1. The van der Waals surface area contributed by atoms with E-state index in [0.29, 0.717) is 17.9 Å². The Morgan fingerprint density at radius 1 is 1.16 bits per heavy atom. The molecule has 2 aromatic carbocycles. The van der Waals surface area contributed by atoms with Crippen molar-refractivity contribution in [2.45, 2.75) is 37.1 Å². The van der Waals surface area contributed by atoms with Gasteiger partial charge >= 0.3 is 0 Å². The second kappa shape index (κ2) is 9.13. The van der Waals surface area contributed by atoms with Gasteiger partial charge in [-0.05, 0) is 56.2 Å². The number of carbonyl (C=O) groups excluding carboxylic acids is 1. The summed E-state index contributed by atoms with van der Waals surface area (Å²) in [4.78, 5) is 13.1. The number of para-hydroxylation sites is 2. The van der Waals surface area contributed by atoms with Crippen LogP contribution in [0.25, 0.3) is 5.69 Å². The molecule has 1 aliphatic heterocycles. The first-order valence-electron chi connectivity index (χ1n) is 10.5. The molecule has 2 heterocycles. The second-order valence-corrected chi connectivity index (χ2v) is 9.61. The standard InChI is InChI=1S/C23H26N4O4S/c1-17-8-5-6-15-27(17)32(29,30)22-16-18(11-12-21(22)31-2)23(28)25-19-9-3-4-10-20(19)26-14-7-13-24-26/h3-4,7,9-14,16-17H,5-6,8,15H2,1-2H3,(H,25,28). The molecule has 1 saturated heterocycles. The third kappa shape index (κ3) is 4.26. The molecule has 1 aromatic heterocycles. The van der Waals surface area contributed by atoms with E-state index in [1.165, 1.54) is 23.5 Å². The summed E-state index contributed by atoms with van der Waals surface area (Å²) in [6, 6.07) is 13.4. The molecule has 0 radical (unpaired) electrons. The van der Waals surface area contributed by atoms with Gasteiger partial charge in [-0.25, -0.2) is 13.1 Å². The van der Waals surface area contributed by atoms with Crippen molar-refractivity contribution >= 4 is 21.6 Å². The number of methoxy groups -OCH3 is 1. The van der Waals surface area contributed by atoms with Crippen LogP contribution in [0.3, 0.4) is 0 Å². The number of nitrogens with zero attached hydrogens (tertiary/aromatic N) is 3. The van der Waals surface area contributed by atoms with Gasteiger partial charge in [0.05, 0.1) is 18.5 Å². The minimum absolute atomic E-state index is 0.00163. The summed E-state index contributed by atoms with van der Waals surface area (Å²) >= 11 is 0. The van der Waals surface area contributed by atoms with Crippen molar-refractivity contribution in [1.82, 2.24) is 14.1 Å². The number of sulfonamides is 1. The Morgan fingerprint density at radius 2 is 1.97 bits per heavy atom. The Labute approximate surface area is 187 Å². The number of hydrogen-bond acceptors (Lipinski definition) is 5. The quantitative estimate of drug-likeness (QED) is 0.613. The van der Waals surface area contributed by atoms with E-state index in [2.05, 4.69) is 10.4 Å². The number of carbonyl (C=O) groups is 1. The topological polar surface area (TPSA) is 93.5 Å². The summed E-state index contributed by atoms with van der Waals surface area (Å²) in [5, 5.41) is 7.09. The molecule has 0 bridgehead atoms. The van der Waals surface area contributed by atoms with E-state index in [9.17, 15) is 13.2 Å². The largest absolute Gasteiger partial charge is 0.495 e. The smallest absolute Gasteiger partial charge is 0.255 e. The molecule has 4 rings (SSSR count). The lowest BCUT2D eigenvalue weighted by Crippen LogP contribution is -2.42. The van der Waals surface area contributed by atoms with Crippen LogP contribution in [-0.4, -0.2) is 48.1 Å². The van der Waals surface area contributed by atoms with E-state index in [1.54, 1.807) is 35.3 Å². The van der Waals surface area contributed by atoms with E-state index in [1.807, 2.05) is 25.1 Å². The molecule has 0 spiro atoms. The molecule has 1 atom stereocenters. The second-order valence-electron chi connectivity index (χ2n) is 7.75. The monoisotopic (exact) mass is 454 g/mol.